The number of imidazole rings is 1. The largest absolute Gasteiger partial charge is 0.461 e. The predicted octanol–water partition coefficient (Wildman–Crippen LogP) is 2.68. The molecule has 0 amide bonds. The van der Waals surface area contributed by atoms with E-state index in [1.807, 2.05) is 12.1 Å². The molecule has 0 aliphatic heterocycles. The Kier molecular flexibility index (Phi) is 6.24. The fourth-order valence-corrected chi connectivity index (χ4v) is 4.02. The smallest absolute Gasteiger partial charge is 0.330 e. The fourth-order valence-electron chi connectivity index (χ4n) is 3.90. The first-order valence-corrected chi connectivity index (χ1v) is 10.7. The van der Waals surface area contributed by atoms with E-state index >= 15 is 0 Å². The zero-order valence-electron chi connectivity index (χ0n) is 16.6. The van der Waals surface area contributed by atoms with Crippen LogP contribution in [0.4, 0.5) is 0 Å². The summed E-state index contributed by atoms with van der Waals surface area (Å²) >= 11 is 6.00. The predicted molar refractivity (Wildman–Crippen MR) is 114 cm³/mol. The molecule has 30 heavy (non-hydrogen) atoms. The number of aromatic nitrogens is 4. The Morgan fingerprint density at radius 2 is 1.87 bits per heavy atom. The van der Waals surface area contributed by atoms with Crippen LogP contribution in [-0.4, -0.2) is 36.9 Å². The van der Waals surface area contributed by atoms with Gasteiger partial charge in [-0.1, -0.05) is 30.2 Å². The Bertz CT molecular complexity index is 1130. The monoisotopic (exact) mass is 432 g/mol. The molecule has 160 valence electrons. The van der Waals surface area contributed by atoms with Crippen LogP contribution in [0.15, 0.2) is 33.9 Å². The van der Waals surface area contributed by atoms with E-state index in [4.69, 9.17) is 21.4 Å². The van der Waals surface area contributed by atoms with Gasteiger partial charge < -0.3 is 9.84 Å². The lowest BCUT2D eigenvalue weighted by molar-refractivity contribution is 0.137. The Morgan fingerprint density at radius 1 is 1.13 bits per heavy atom. The van der Waals surface area contributed by atoms with Gasteiger partial charge in [-0.3, -0.25) is 18.9 Å². The molecule has 0 atom stereocenters. The number of benzene rings is 1. The van der Waals surface area contributed by atoms with Crippen molar-refractivity contribution in [2.24, 2.45) is 0 Å². The summed E-state index contributed by atoms with van der Waals surface area (Å²) in [5.41, 5.74) is 0.446. The molecule has 8 nitrogen and oxygen atoms in total. The first kappa shape index (κ1) is 20.7. The van der Waals surface area contributed by atoms with Crippen molar-refractivity contribution < 1.29 is 9.84 Å². The number of aliphatic hydroxyl groups excluding tert-OH is 1. The highest BCUT2D eigenvalue weighted by Gasteiger charge is 2.23. The number of rotatable bonds is 7. The van der Waals surface area contributed by atoms with E-state index in [9.17, 15) is 9.59 Å². The molecule has 1 aromatic carbocycles. The van der Waals surface area contributed by atoms with Crippen molar-refractivity contribution in [2.45, 2.75) is 57.7 Å². The van der Waals surface area contributed by atoms with Crippen LogP contribution >= 0.6 is 11.6 Å². The second-order valence-electron chi connectivity index (χ2n) is 7.65. The molecule has 4 rings (SSSR count). The van der Waals surface area contributed by atoms with Gasteiger partial charge in [0.25, 0.3) is 11.6 Å². The van der Waals surface area contributed by atoms with Crippen molar-refractivity contribution in [2.75, 3.05) is 6.61 Å². The summed E-state index contributed by atoms with van der Waals surface area (Å²) < 4.78 is 9.02. The Hall–Kier alpha value is -2.58. The first-order chi connectivity index (χ1) is 14.6. The summed E-state index contributed by atoms with van der Waals surface area (Å²) in [6.07, 6.45) is 5.65. The highest BCUT2D eigenvalue weighted by molar-refractivity contribution is 6.30. The molecule has 9 heteroatoms. The van der Waals surface area contributed by atoms with E-state index in [1.165, 1.54) is 6.42 Å². The van der Waals surface area contributed by atoms with Gasteiger partial charge in [0.15, 0.2) is 11.2 Å². The minimum atomic E-state index is -0.540. The molecular weight excluding hydrogens is 408 g/mol. The van der Waals surface area contributed by atoms with Crippen LogP contribution in [-0.2, 0) is 13.1 Å². The molecule has 0 unspecified atom stereocenters. The first-order valence-electron chi connectivity index (χ1n) is 10.3. The highest BCUT2D eigenvalue weighted by atomic mass is 35.5. The topological polar surface area (TPSA) is 102 Å². The number of hydrogen-bond donors (Lipinski definition) is 2. The second kappa shape index (κ2) is 9.06. The number of aliphatic hydroxyl groups is 1. The maximum Gasteiger partial charge on any atom is 0.330 e. The van der Waals surface area contributed by atoms with Gasteiger partial charge in [0.1, 0.15) is 6.10 Å². The molecule has 2 aromatic heterocycles. The Labute approximate surface area is 178 Å². The van der Waals surface area contributed by atoms with Crippen molar-refractivity contribution >= 4 is 22.8 Å². The molecular formula is C21H25ClN4O4. The van der Waals surface area contributed by atoms with Crippen LogP contribution in [0.1, 0.15) is 44.1 Å². The van der Waals surface area contributed by atoms with Crippen molar-refractivity contribution in [1.29, 1.82) is 0 Å². The Balaban J connectivity index is 1.81. The van der Waals surface area contributed by atoms with Gasteiger partial charge >= 0.3 is 5.69 Å². The molecule has 1 fully saturated rings. The normalized spacial score (nSPS) is 15.0. The third-order valence-corrected chi connectivity index (χ3v) is 5.72. The molecule has 1 saturated carbocycles. The average Bonchev–Trinajstić information content (AvgIpc) is 3.07. The van der Waals surface area contributed by atoms with Crippen LogP contribution in [0.3, 0.4) is 0 Å². The van der Waals surface area contributed by atoms with Gasteiger partial charge in [-0.25, -0.2) is 4.79 Å². The number of fused-ring (bicyclic) bond motifs is 1. The van der Waals surface area contributed by atoms with Gasteiger partial charge in [-0.05, 0) is 49.8 Å². The number of halogens is 1. The van der Waals surface area contributed by atoms with E-state index in [1.54, 1.807) is 16.7 Å². The van der Waals surface area contributed by atoms with Crippen LogP contribution in [0.25, 0.3) is 11.2 Å². The average molecular weight is 433 g/mol. The number of hydrogen-bond acceptors (Lipinski definition) is 5. The lowest BCUT2D eigenvalue weighted by Gasteiger charge is -2.22. The van der Waals surface area contributed by atoms with Gasteiger partial charge in [-0.15, -0.1) is 0 Å². The number of ether oxygens (including phenoxy) is 1. The summed E-state index contributed by atoms with van der Waals surface area (Å²) in [5.74, 6) is 0. The van der Waals surface area contributed by atoms with E-state index < -0.39 is 11.2 Å². The van der Waals surface area contributed by atoms with Gasteiger partial charge in [0.05, 0.1) is 6.54 Å². The molecule has 1 aliphatic rings. The lowest BCUT2D eigenvalue weighted by atomic mass is 9.98. The summed E-state index contributed by atoms with van der Waals surface area (Å²) in [4.78, 5) is 32.7. The van der Waals surface area contributed by atoms with Gasteiger partial charge in [0.2, 0.25) is 0 Å². The third kappa shape index (κ3) is 4.29. The zero-order valence-corrected chi connectivity index (χ0v) is 17.4. The third-order valence-electron chi connectivity index (χ3n) is 5.47. The molecule has 3 aromatic rings. The number of nitrogens with zero attached hydrogens (tertiary/aromatic N) is 3. The van der Waals surface area contributed by atoms with E-state index in [0.717, 1.165) is 35.8 Å². The standard InChI is InChI=1S/C21H25ClN4O4/c22-15-9-7-14(8-10-15)13-26-17-18(23-20(29)25(19(17)28)11-4-12-27)24-21(26)30-16-5-2-1-3-6-16/h7-10,16,27H,1-6,11-13H2,(H,23,29). The van der Waals surface area contributed by atoms with Gasteiger partial charge in [-0.2, -0.15) is 4.98 Å². The quantitative estimate of drug-likeness (QED) is 0.597. The summed E-state index contributed by atoms with van der Waals surface area (Å²) in [7, 11) is 0. The van der Waals surface area contributed by atoms with Crippen LogP contribution in [0, 0.1) is 0 Å². The molecule has 2 heterocycles. The fraction of sp³-hybridized carbons (Fsp3) is 0.476. The maximum atomic E-state index is 13.1. The Morgan fingerprint density at radius 3 is 2.57 bits per heavy atom. The van der Waals surface area contributed by atoms with Crippen molar-refractivity contribution in [1.82, 2.24) is 19.1 Å². The summed E-state index contributed by atoms with van der Waals surface area (Å²) in [6, 6.07) is 7.68. The van der Waals surface area contributed by atoms with Crippen LogP contribution in [0.2, 0.25) is 5.02 Å². The minimum Gasteiger partial charge on any atom is -0.461 e. The second-order valence-corrected chi connectivity index (χ2v) is 8.08. The van der Waals surface area contributed by atoms with E-state index in [-0.39, 0.29) is 30.4 Å². The SMILES string of the molecule is O=c1[nH]c2nc(OC3CCCCC3)n(Cc3ccc(Cl)cc3)c2c(=O)n1CCCO. The van der Waals surface area contributed by atoms with Crippen molar-refractivity contribution in [3.63, 3.8) is 0 Å². The number of nitrogens with one attached hydrogen (secondary N) is 1. The van der Waals surface area contributed by atoms with Crippen molar-refractivity contribution in [3.05, 3.63) is 55.7 Å². The highest BCUT2D eigenvalue weighted by Crippen LogP contribution is 2.25. The molecule has 0 bridgehead atoms. The summed E-state index contributed by atoms with van der Waals surface area (Å²) in [6.45, 7) is 0.381. The molecule has 1 aliphatic carbocycles. The molecule has 0 radical (unpaired) electrons. The lowest BCUT2D eigenvalue weighted by Crippen LogP contribution is -2.36. The number of H-pyrrole nitrogens is 1. The molecule has 0 saturated heterocycles. The maximum absolute atomic E-state index is 13.1. The molecule has 0 spiro atoms. The van der Waals surface area contributed by atoms with Crippen molar-refractivity contribution in [3.8, 4) is 6.01 Å². The summed E-state index contributed by atoms with van der Waals surface area (Å²) in [5, 5.41) is 9.73. The zero-order chi connectivity index (χ0) is 21.1. The van der Waals surface area contributed by atoms with Crippen LogP contribution in [0.5, 0.6) is 6.01 Å². The van der Waals surface area contributed by atoms with E-state index in [0.29, 0.717) is 24.0 Å². The van der Waals surface area contributed by atoms with Crippen LogP contribution < -0.4 is 16.0 Å². The van der Waals surface area contributed by atoms with E-state index in [2.05, 4.69) is 9.97 Å². The molecule has 2 N–H and O–H groups in total. The van der Waals surface area contributed by atoms with Gasteiger partial charge in [0, 0.05) is 18.2 Å². The number of aromatic amines is 1. The minimum absolute atomic E-state index is 0.0443.